The number of carbonyl (C=O) groups is 1. The topological polar surface area (TPSA) is 46.5 Å². The van der Waals surface area contributed by atoms with E-state index in [1.807, 2.05) is 0 Å². The quantitative estimate of drug-likeness (QED) is 0.759. The van der Waals surface area contributed by atoms with Crippen molar-refractivity contribution in [2.75, 3.05) is 0 Å². The van der Waals surface area contributed by atoms with Gasteiger partial charge >= 0.3 is 5.97 Å². The van der Waals surface area contributed by atoms with Crippen LogP contribution in [0.25, 0.3) is 0 Å². The van der Waals surface area contributed by atoms with Crippen LogP contribution >= 0.6 is 0 Å². The lowest BCUT2D eigenvalue weighted by molar-refractivity contribution is -0.154. The van der Waals surface area contributed by atoms with Gasteiger partial charge in [-0.2, -0.15) is 0 Å². The number of aromatic hydroxyl groups is 1. The van der Waals surface area contributed by atoms with Crippen molar-refractivity contribution < 1.29 is 14.6 Å². The van der Waals surface area contributed by atoms with Gasteiger partial charge in [-0.1, -0.05) is 18.2 Å². The van der Waals surface area contributed by atoms with Gasteiger partial charge in [0.2, 0.25) is 0 Å². The highest BCUT2D eigenvalue weighted by atomic mass is 16.5. The Morgan fingerprint density at radius 3 is 2.47 bits per heavy atom. The number of hydrogen-bond acceptors (Lipinski definition) is 3. The molecule has 0 amide bonds. The van der Waals surface area contributed by atoms with E-state index in [0.717, 1.165) is 0 Å². The van der Waals surface area contributed by atoms with Gasteiger partial charge in [-0.3, -0.25) is 4.79 Å². The van der Waals surface area contributed by atoms with Crippen LogP contribution in [0.1, 0.15) is 26.3 Å². The van der Waals surface area contributed by atoms with Gasteiger partial charge < -0.3 is 9.84 Å². The van der Waals surface area contributed by atoms with E-state index >= 15 is 0 Å². The van der Waals surface area contributed by atoms with E-state index < -0.39 is 5.41 Å². The minimum absolute atomic E-state index is 0.114. The Bertz CT molecular complexity index is 350. The fourth-order valence-corrected chi connectivity index (χ4v) is 0.993. The molecular formula is C12H16O3. The summed E-state index contributed by atoms with van der Waals surface area (Å²) in [6, 6.07) is 6.82. The first-order chi connectivity index (χ1) is 6.91. The third kappa shape index (κ3) is 3.27. The average molecular weight is 208 g/mol. The summed E-state index contributed by atoms with van der Waals surface area (Å²) in [5.41, 5.74) is 0.111. The first kappa shape index (κ1) is 11.6. The molecule has 0 unspecified atom stereocenters. The molecule has 15 heavy (non-hydrogen) atoms. The monoisotopic (exact) mass is 208 g/mol. The maximum absolute atomic E-state index is 11.4. The van der Waals surface area contributed by atoms with Crippen LogP contribution in [-0.4, -0.2) is 11.1 Å². The molecule has 0 saturated carbocycles. The normalized spacial score (nSPS) is 11.1. The summed E-state index contributed by atoms with van der Waals surface area (Å²) in [7, 11) is 0. The summed E-state index contributed by atoms with van der Waals surface area (Å²) in [6.45, 7) is 5.49. The summed E-state index contributed by atoms with van der Waals surface area (Å²) in [4.78, 5) is 11.4. The van der Waals surface area contributed by atoms with Gasteiger partial charge in [0.1, 0.15) is 12.4 Å². The third-order valence-corrected chi connectivity index (χ3v) is 1.96. The number of hydrogen-bond donors (Lipinski definition) is 1. The van der Waals surface area contributed by atoms with Gasteiger partial charge in [0.05, 0.1) is 5.41 Å². The van der Waals surface area contributed by atoms with Crippen molar-refractivity contribution in [2.45, 2.75) is 27.4 Å². The standard InChI is InChI=1S/C12H16O3/c1-12(2,3)11(14)15-8-9-6-4-5-7-10(9)13/h4-7,13H,8H2,1-3H3. The second-order valence-corrected chi connectivity index (χ2v) is 4.45. The van der Waals surface area contributed by atoms with Gasteiger partial charge in [-0.05, 0) is 26.8 Å². The van der Waals surface area contributed by atoms with Gasteiger partial charge in [0, 0.05) is 5.56 Å². The second-order valence-electron chi connectivity index (χ2n) is 4.45. The summed E-state index contributed by atoms with van der Waals surface area (Å²) < 4.78 is 5.07. The molecule has 0 aliphatic rings. The van der Waals surface area contributed by atoms with Crippen molar-refractivity contribution in [3.63, 3.8) is 0 Å². The van der Waals surface area contributed by atoms with Crippen LogP contribution in [0.3, 0.4) is 0 Å². The lowest BCUT2D eigenvalue weighted by Crippen LogP contribution is -2.22. The Hall–Kier alpha value is -1.51. The molecule has 0 heterocycles. The minimum atomic E-state index is -0.510. The summed E-state index contributed by atoms with van der Waals surface area (Å²) in [6.07, 6.45) is 0. The van der Waals surface area contributed by atoms with E-state index in [-0.39, 0.29) is 18.3 Å². The van der Waals surface area contributed by atoms with Crippen molar-refractivity contribution in [3.05, 3.63) is 29.8 Å². The Morgan fingerprint density at radius 2 is 1.93 bits per heavy atom. The number of para-hydroxylation sites is 1. The highest BCUT2D eigenvalue weighted by Crippen LogP contribution is 2.20. The summed E-state index contributed by atoms with van der Waals surface area (Å²) >= 11 is 0. The van der Waals surface area contributed by atoms with E-state index in [4.69, 9.17) is 4.74 Å². The molecule has 3 nitrogen and oxygen atoms in total. The first-order valence-corrected chi connectivity index (χ1v) is 4.85. The first-order valence-electron chi connectivity index (χ1n) is 4.85. The van der Waals surface area contributed by atoms with Gasteiger partial charge in [0.15, 0.2) is 0 Å². The zero-order chi connectivity index (χ0) is 11.5. The Labute approximate surface area is 89.7 Å². The summed E-state index contributed by atoms with van der Waals surface area (Å²) in [5.74, 6) is -0.120. The molecular weight excluding hydrogens is 192 g/mol. The predicted molar refractivity (Wildman–Crippen MR) is 57.4 cm³/mol. The molecule has 1 rings (SSSR count). The number of phenols is 1. The summed E-state index contributed by atoms with van der Waals surface area (Å²) in [5, 5.41) is 9.43. The molecule has 0 bridgehead atoms. The van der Waals surface area contributed by atoms with Crippen LogP contribution in [0.15, 0.2) is 24.3 Å². The zero-order valence-corrected chi connectivity index (χ0v) is 9.28. The fraction of sp³-hybridized carbons (Fsp3) is 0.417. The molecule has 0 aliphatic heterocycles. The van der Waals surface area contributed by atoms with E-state index in [1.165, 1.54) is 0 Å². The molecule has 0 aromatic heterocycles. The molecule has 82 valence electrons. The number of rotatable bonds is 2. The molecule has 0 spiro atoms. The number of phenolic OH excluding ortho intramolecular Hbond substituents is 1. The van der Waals surface area contributed by atoms with Gasteiger partial charge in [-0.25, -0.2) is 0 Å². The Balaban J connectivity index is 2.59. The van der Waals surface area contributed by atoms with Crippen molar-refractivity contribution in [3.8, 4) is 5.75 Å². The van der Waals surface area contributed by atoms with Crippen LogP contribution in [0.2, 0.25) is 0 Å². The maximum atomic E-state index is 11.4. The molecule has 1 aromatic rings. The van der Waals surface area contributed by atoms with Crippen LogP contribution < -0.4 is 0 Å². The predicted octanol–water partition coefficient (Wildman–Crippen LogP) is 2.48. The van der Waals surface area contributed by atoms with Crippen molar-refractivity contribution in [2.24, 2.45) is 5.41 Å². The third-order valence-electron chi connectivity index (χ3n) is 1.96. The number of carbonyl (C=O) groups excluding carboxylic acids is 1. The molecule has 0 atom stereocenters. The molecule has 0 fully saturated rings. The molecule has 1 aromatic carbocycles. The molecule has 3 heteroatoms. The van der Waals surface area contributed by atoms with E-state index in [2.05, 4.69) is 0 Å². The minimum Gasteiger partial charge on any atom is -0.508 e. The number of ether oxygens (including phenoxy) is 1. The van der Waals surface area contributed by atoms with Gasteiger partial charge in [0.25, 0.3) is 0 Å². The number of benzene rings is 1. The fourth-order valence-electron chi connectivity index (χ4n) is 0.993. The van der Waals surface area contributed by atoms with E-state index in [0.29, 0.717) is 5.56 Å². The average Bonchev–Trinajstić information content (AvgIpc) is 2.14. The van der Waals surface area contributed by atoms with Crippen LogP contribution in [0.5, 0.6) is 5.75 Å². The lowest BCUT2D eigenvalue weighted by atomic mass is 9.97. The van der Waals surface area contributed by atoms with E-state index in [1.54, 1.807) is 45.0 Å². The molecule has 0 radical (unpaired) electrons. The van der Waals surface area contributed by atoms with Crippen molar-refractivity contribution in [1.82, 2.24) is 0 Å². The van der Waals surface area contributed by atoms with E-state index in [9.17, 15) is 9.90 Å². The SMILES string of the molecule is CC(C)(C)C(=O)OCc1ccccc1O. The molecule has 1 N–H and O–H groups in total. The lowest BCUT2D eigenvalue weighted by Gasteiger charge is -2.16. The molecule has 0 saturated heterocycles. The smallest absolute Gasteiger partial charge is 0.311 e. The van der Waals surface area contributed by atoms with Crippen LogP contribution in [0, 0.1) is 5.41 Å². The maximum Gasteiger partial charge on any atom is 0.311 e. The second kappa shape index (κ2) is 4.34. The van der Waals surface area contributed by atoms with Crippen LogP contribution in [-0.2, 0) is 16.1 Å². The largest absolute Gasteiger partial charge is 0.508 e. The highest BCUT2D eigenvalue weighted by Gasteiger charge is 2.23. The Morgan fingerprint density at radius 1 is 1.33 bits per heavy atom. The van der Waals surface area contributed by atoms with Crippen molar-refractivity contribution >= 4 is 5.97 Å². The molecule has 0 aliphatic carbocycles. The zero-order valence-electron chi connectivity index (χ0n) is 9.28. The van der Waals surface area contributed by atoms with Gasteiger partial charge in [-0.15, -0.1) is 0 Å². The number of esters is 1. The Kier molecular flexibility index (Phi) is 3.35. The highest BCUT2D eigenvalue weighted by molar-refractivity contribution is 5.75. The van der Waals surface area contributed by atoms with Crippen molar-refractivity contribution in [1.29, 1.82) is 0 Å². The van der Waals surface area contributed by atoms with Crippen LogP contribution in [0.4, 0.5) is 0 Å².